The molecule has 132 valence electrons. The van der Waals surface area contributed by atoms with Crippen molar-refractivity contribution in [3.63, 3.8) is 0 Å². The van der Waals surface area contributed by atoms with Gasteiger partial charge in [-0.1, -0.05) is 42.0 Å². The molecule has 5 nitrogen and oxygen atoms in total. The summed E-state index contributed by atoms with van der Waals surface area (Å²) < 4.78 is 27.9. The Kier molecular flexibility index (Phi) is 4.67. The fourth-order valence-electron chi connectivity index (χ4n) is 3.08. The lowest BCUT2D eigenvalue weighted by atomic mass is 10.0. The van der Waals surface area contributed by atoms with Crippen LogP contribution in [0.25, 0.3) is 0 Å². The van der Waals surface area contributed by atoms with Crippen LogP contribution in [-0.2, 0) is 14.8 Å². The van der Waals surface area contributed by atoms with Gasteiger partial charge in [0.25, 0.3) is 0 Å². The quantitative estimate of drug-likeness (QED) is 0.917. The van der Waals surface area contributed by atoms with Crippen molar-refractivity contribution in [2.75, 3.05) is 13.1 Å². The van der Waals surface area contributed by atoms with Crippen molar-refractivity contribution >= 4 is 15.9 Å². The van der Waals surface area contributed by atoms with Crippen molar-refractivity contribution in [3.8, 4) is 0 Å². The maximum atomic E-state index is 13.3. The van der Waals surface area contributed by atoms with E-state index < -0.39 is 16.1 Å². The largest absolute Gasteiger partial charge is 0.353 e. The monoisotopic (exact) mass is 358 g/mol. The van der Waals surface area contributed by atoms with E-state index in [-0.39, 0.29) is 17.3 Å². The lowest BCUT2D eigenvalue weighted by molar-refractivity contribution is -0.126. The molecule has 0 radical (unpaired) electrons. The van der Waals surface area contributed by atoms with Gasteiger partial charge in [-0.15, -0.1) is 0 Å². The van der Waals surface area contributed by atoms with Crippen molar-refractivity contribution in [2.24, 2.45) is 0 Å². The molecular formula is C19H22N2O3S. The van der Waals surface area contributed by atoms with Crippen LogP contribution in [0.2, 0.25) is 0 Å². The number of hydrogen-bond acceptors (Lipinski definition) is 3. The zero-order chi connectivity index (χ0) is 18.2. The third-order valence-electron chi connectivity index (χ3n) is 4.49. The van der Waals surface area contributed by atoms with Crippen LogP contribution in [0, 0.1) is 20.8 Å². The summed E-state index contributed by atoms with van der Waals surface area (Å²) in [6.07, 6.45) is 0. The maximum absolute atomic E-state index is 13.3. The highest BCUT2D eigenvalue weighted by atomic mass is 32.2. The summed E-state index contributed by atoms with van der Waals surface area (Å²) in [5.74, 6) is -0.288. The van der Waals surface area contributed by atoms with Gasteiger partial charge in [-0.3, -0.25) is 4.79 Å². The third-order valence-corrected chi connectivity index (χ3v) is 6.50. The Morgan fingerprint density at radius 3 is 2.32 bits per heavy atom. The highest BCUT2D eigenvalue weighted by Crippen LogP contribution is 2.31. The molecule has 1 saturated heterocycles. The Bertz CT molecular complexity index is 905. The van der Waals surface area contributed by atoms with E-state index in [1.54, 1.807) is 19.1 Å². The van der Waals surface area contributed by atoms with Crippen molar-refractivity contribution < 1.29 is 13.2 Å². The summed E-state index contributed by atoms with van der Waals surface area (Å²) in [5.41, 5.74) is 3.29. The van der Waals surface area contributed by atoms with Crippen LogP contribution in [0.3, 0.4) is 0 Å². The Morgan fingerprint density at radius 1 is 1.00 bits per heavy atom. The summed E-state index contributed by atoms with van der Waals surface area (Å²) >= 11 is 0. The standard InChI is InChI=1S/C19H22N2O3S/c1-13-5-8-16(9-6-13)18-19(22)20-10-11-21(18)25(23,24)17-12-14(2)4-7-15(17)3/h4-9,12,18H,10-11H2,1-3H3,(H,20,22). The first-order chi connectivity index (χ1) is 11.8. The van der Waals surface area contributed by atoms with Gasteiger partial charge < -0.3 is 5.32 Å². The molecule has 1 atom stereocenters. The predicted molar refractivity (Wildman–Crippen MR) is 96.7 cm³/mol. The highest BCUT2D eigenvalue weighted by Gasteiger charge is 2.39. The van der Waals surface area contributed by atoms with Gasteiger partial charge in [-0.25, -0.2) is 8.42 Å². The van der Waals surface area contributed by atoms with Crippen LogP contribution in [0.1, 0.15) is 28.3 Å². The van der Waals surface area contributed by atoms with E-state index in [2.05, 4.69) is 5.32 Å². The number of piperazine rings is 1. The van der Waals surface area contributed by atoms with Crippen LogP contribution in [-0.4, -0.2) is 31.7 Å². The van der Waals surface area contributed by atoms with Gasteiger partial charge in [-0.2, -0.15) is 4.31 Å². The Labute approximate surface area is 148 Å². The fraction of sp³-hybridized carbons (Fsp3) is 0.316. The smallest absolute Gasteiger partial charge is 0.244 e. The third kappa shape index (κ3) is 3.32. The minimum atomic E-state index is -3.78. The lowest BCUT2D eigenvalue weighted by Gasteiger charge is -2.34. The second-order valence-electron chi connectivity index (χ2n) is 6.49. The number of rotatable bonds is 3. The van der Waals surface area contributed by atoms with Crippen molar-refractivity contribution in [2.45, 2.75) is 31.7 Å². The second kappa shape index (κ2) is 6.61. The zero-order valence-corrected chi connectivity index (χ0v) is 15.4. The van der Waals surface area contributed by atoms with E-state index in [0.29, 0.717) is 17.7 Å². The van der Waals surface area contributed by atoms with Gasteiger partial charge in [-0.05, 0) is 43.5 Å². The average Bonchev–Trinajstić information content (AvgIpc) is 2.57. The number of hydrogen-bond donors (Lipinski definition) is 1. The molecule has 6 heteroatoms. The van der Waals surface area contributed by atoms with Crippen LogP contribution < -0.4 is 5.32 Å². The molecule has 0 spiro atoms. The van der Waals surface area contributed by atoms with Crippen molar-refractivity contribution in [3.05, 3.63) is 64.7 Å². The average molecular weight is 358 g/mol. The summed E-state index contributed by atoms with van der Waals surface area (Å²) in [6, 6.07) is 11.9. The molecule has 2 aromatic rings. The fourth-order valence-corrected chi connectivity index (χ4v) is 4.97. The maximum Gasteiger partial charge on any atom is 0.244 e. The lowest BCUT2D eigenvalue weighted by Crippen LogP contribution is -2.52. The normalized spacial score (nSPS) is 18.8. The van der Waals surface area contributed by atoms with Gasteiger partial charge in [0.15, 0.2) is 0 Å². The molecule has 0 aromatic heterocycles. The van der Waals surface area contributed by atoms with E-state index in [1.807, 2.05) is 44.2 Å². The molecule has 1 aliphatic rings. The molecule has 1 fully saturated rings. The van der Waals surface area contributed by atoms with Gasteiger partial charge in [0.1, 0.15) is 6.04 Å². The first kappa shape index (κ1) is 17.6. The number of nitrogens with one attached hydrogen (secondary N) is 1. The minimum Gasteiger partial charge on any atom is -0.353 e. The molecule has 1 N–H and O–H groups in total. The minimum absolute atomic E-state index is 0.250. The summed E-state index contributed by atoms with van der Waals surface area (Å²) in [4.78, 5) is 12.8. The number of benzene rings is 2. The predicted octanol–water partition coefficient (Wildman–Crippen LogP) is 2.47. The van der Waals surface area contributed by atoms with E-state index in [4.69, 9.17) is 0 Å². The molecule has 1 unspecified atom stereocenters. The second-order valence-corrected chi connectivity index (χ2v) is 8.35. The van der Waals surface area contributed by atoms with Crippen molar-refractivity contribution in [1.82, 2.24) is 9.62 Å². The Hall–Kier alpha value is -2.18. The number of carbonyl (C=O) groups excluding carboxylic acids is 1. The molecule has 1 heterocycles. The van der Waals surface area contributed by atoms with E-state index >= 15 is 0 Å². The number of amides is 1. The summed E-state index contributed by atoms with van der Waals surface area (Å²) in [7, 11) is -3.78. The summed E-state index contributed by atoms with van der Waals surface area (Å²) in [6.45, 7) is 6.15. The van der Waals surface area contributed by atoms with Crippen LogP contribution in [0.5, 0.6) is 0 Å². The van der Waals surface area contributed by atoms with Gasteiger partial charge >= 0.3 is 0 Å². The van der Waals surface area contributed by atoms with Crippen molar-refractivity contribution in [1.29, 1.82) is 0 Å². The number of carbonyl (C=O) groups is 1. The molecule has 2 aromatic carbocycles. The topological polar surface area (TPSA) is 66.5 Å². The number of sulfonamides is 1. The molecule has 3 rings (SSSR count). The van der Waals surface area contributed by atoms with Crippen LogP contribution >= 0.6 is 0 Å². The molecule has 0 aliphatic carbocycles. The van der Waals surface area contributed by atoms with E-state index in [0.717, 1.165) is 11.1 Å². The van der Waals surface area contributed by atoms with Gasteiger partial charge in [0.05, 0.1) is 4.90 Å². The molecule has 1 aliphatic heterocycles. The molecule has 25 heavy (non-hydrogen) atoms. The van der Waals surface area contributed by atoms with Crippen LogP contribution in [0.4, 0.5) is 0 Å². The molecule has 0 bridgehead atoms. The van der Waals surface area contributed by atoms with E-state index in [9.17, 15) is 13.2 Å². The molecular weight excluding hydrogens is 336 g/mol. The van der Waals surface area contributed by atoms with E-state index in [1.165, 1.54) is 4.31 Å². The van der Waals surface area contributed by atoms with Crippen LogP contribution in [0.15, 0.2) is 47.4 Å². The first-order valence-corrected chi connectivity index (χ1v) is 9.68. The zero-order valence-electron chi connectivity index (χ0n) is 14.6. The number of aryl methyl sites for hydroxylation is 3. The SMILES string of the molecule is Cc1ccc(C2C(=O)NCCN2S(=O)(=O)c2cc(C)ccc2C)cc1. The highest BCUT2D eigenvalue weighted by molar-refractivity contribution is 7.89. The number of nitrogens with zero attached hydrogens (tertiary/aromatic N) is 1. The molecule has 0 saturated carbocycles. The first-order valence-electron chi connectivity index (χ1n) is 8.24. The van der Waals surface area contributed by atoms with Gasteiger partial charge in [0, 0.05) is 13.1 Å². The van der Waals surface area contributed by atoms with Gasteiger partial charge in [0.2, 0.25) is 15.9 Å². The Morgan fingerprint density at radius 2 is 1.64 bits per heavy atom. The summed E-state index contributed by atoms with van der Waals surface area (Å²) in [5, 5.41) is 2.78. The molecule has 1 amide bonds. The Balaban J connectivity index is 2.10.